The highest BCUT2D eigenvalue weighted by atomic mass is 32.2. The van der Waals surface area contributed by atoms with E-state index in [0.717, 1.165) is 0 Å². The first-order chi connectivity index (χ1) is 11.3. The summed E-state index contributed by atoms with van der Waals surface area (Å²) in [6, 6.07) is 9.91. The van der Waals surface area contributed by atoms with E-state index in [1.54, 1.807) is 26.0 Å². The van der Waals surface area contributed by atoms with Gasteiger partial charge in [0.1, 0.15) is 5.82 Å². The molecule has 0 saturated heterocycles. The van der Waals surface area contributed by atoms with Crippen molar-refractivity contribution in [3.8, 4) is 11.5 Å². The van der Waals surface area contributed by atoms with E-state index in [4.69, 9.17) is 4.52 Å². The zero-order valence-corrected chi connectivity index (χ0v) is 13.8. The van der Waals surface area contributed by atoms with Crippen LogP contribution in [0.1, 0.15) is 11.4 Å². The number of anilines is 1. The largest absolute Gasteiger partial charge is 0.334 e. The van der Waals surface area contributed by atoms with Crippen LogP contribution in [0.2, 0.25) is 0 Å². The highest BCUT2D eigenvalue weighted by molar-refractivity contribution is 7.92. The van der Waals surface area contributed by atoms with Gasteiger partial charge in [0.15, 0.2) is 5.82 Å². The zero-order chi connectivity index (χ0) is 17.3. The summed E-state index contributed by atoms with van der Waals surface area (Å²) in [7, 11) is -3.84. The van der Waals surface area contributed by atoms with Gasteiger partial charge in [-0.15, -0.1) is 0 Å². The van der Waals surface area contributed by atoms with Crippen LogP contribution < -0.4 is 4.72 Å². The molecular formula is C16H14FN3O3S. The number of aryl methyl sites for hydroxylation is 2. The molecule has 3 aromatic rings. The fraction of sp³-hybridized carbons (Fsp3) is 0.125. The highest BCUT2D eigenvalue weighted by Crippen LogP contribution is 2.25. The molecule has 0 bridgehead atoms. The lowest BCUT2D eigenvalue weighted by Gasteiger charge is -2.11. The number of benzene rings is 2. The number of nitrogens with one attached hydrogen (secondary N) is 1. The van der Waals surface area contributed by atoms with Crippen LogP contribution in [0.3, 0.4) is 0 Å². The number of hydrogen-bond donors (Lipinski definition) is 1. The van der Waals surface area contributed by atoms with E-state index in [1.165, 1.54) is 30.3 Å². The summed E-state index contributed by atoms with van der Waals surface area (Å²) in [4.78, 5) is 4.18. The maximum atomic E-state index is 12.9. The molecule has 0 unspecified atom stereocenters. The predicted octanol–water partition coefficient (Wildman–Crippen LogP) is 3.29. The van der Waals surface area contributed by atoms with E-state index in [1.807, 2.05) is 0 Å². The minimum atomic E-state index is -3.84. The van der Waals surface area contributed by atoms with Crippen molar-refractivity contribution in [3.05, 3.63) is 59.7 Å². The maximum Gasteiger partial charge on any atom is 0.262 e. The van der Waals surface area contributed by atoms with Gasteiger partial charge in [0, 0.05) is 11.3 Å². The maximum absolute atomic E-state index is 12.9. The van der Waals surface area contributed by atoms with Crippen LogP contribution in [-0.2, 0) is 10.0 Å². The lowest BCUT2D eigenvalue weighted by molar-refractivity contribution is 0.425. The summed E-state index contributed by atoms with van der Waals surface area (Å²) < 4.78 is 45.7. The van der Waals surface area contributed by atoms with Gasteiger partial charge in [0.2, 0.25) is 0 Å². The molecule has 1 N–H and O–H groups in total. The van der Waals surface area contributed by atoms with Crippen molar-refractivity contribution in [3.63, 3.8) is 0 Å². The third-order valence-corrected chi connectivity index (χ3v) is 4.87. The topological polar surface area (TPSA) is 85.1 Å². The van der Waals surface area contributed by atoms with Gasteiger partial charge in [-0.2, -0.15) is 4.98 Å². The average molecular weight is 347 g/mol. The Labute approximate surface area is 138 Å². The molecule has 124 valence electrons. The van der Waals surface area contributed by atoms with E-state index < -0.39 is 15.8 Å². The Hall–Kier alpha value is -2.74. The Bertz CT molecular complexity index is 982. The molecule has 1 aromatic heterocycles. The number of rotatable bonds is 4. The van der Waals surface area contributed by atoms with E-state index in [-0.39, 0.29) is 16.5 Å². The first-order valence-corrected chi connectivity index (χ1v) is 8.53. The third-order valence-electron chi connectivity index (χ3n) is 3.35. The van der Waals surface area contributed by atoms with Gasteiger partial charge in [-0.05, 0) is 55.8 Å². The molecule has 2 aromatic carbocycles. The fourth-order valence-electron chi connectivity index (χ4n) is 2.17. The molecule has 8 heteroatoms. The second kappa shape index (κ2) is 6.04. The summed E-state index contributed by atoms with van der Waals surface area (Å²) in [6.07, 6.45) is 0. The van der Waals surface area contributed by atoms with Crippen LogP contribution in [0.25, 0.3) is 11.5 Å². The number of halogens is 1. The van der Waals surface area contributed by atoms with Crippen LogP contribution in [0, 0.1) is 19.7 Å². The van der Waals surface area contributed by atoms with Gasteiger partial charge in [-0.25, -0.2) is 12.8 Å². The van der Waals surface area contributed by atoms with E-state index in [9.17, 15) is 12.8 Å². The Morgan fingerprint density at radius 3 is 2.42 bits per heavy atom. The number of hydrogen-bond acceptors (Lipinski definition) is 5. The molecule has 24 heavy (non-hydrogen) atoms. The van der Waals surface area contributed by atoms with E-state index >= 15 is 0 Å². The summed E-state index contributed by atoms with van der Waals surface area (Å²) in [5, 5.41) is 3.70. The molecular weight excluding hydrogens is 333 g/mol. The average Bonchev–Trinajstić information content (AvgIpc) is 2.96. The third kappa shape index (κ3) is 3.28. The summed E-state index contributed by atoms with van der Waals surface area (Å²) in [6.45, 7) is 3.36. The molecule has 0 aliphatic carbocycles. The molecule has 0 spiro atoms. The molecule has 6 nitrogen and oxygen atoms in total. The van der Waals surface area contributed by atoms with Gasteiger partial charge < -0.3 is 4.52 Å². The second-order valence-electron chi connectivity index (χ2n) is 5.24. The zero-order valence-electron chi connectivity index (χ0n) is 12.9. The fourth-order valence-corrected chi connectivity index (χ4v) is 3.50. The van der Waals surface area contributed by atoms with Gasteiger partial charge in [0.05, 0.1) is 4.90 Å². The molecule has 0 amide bonds. The van der Waals surface area contributed by atoms with Crippen LogP contribution in [-0.4, -0.2) is 18.6 Å². The normalized spacial score (nSPS) is 11.5. The van der Waals surface area contributed by atoms with Gasteiger partial charge in [0.25, 0.3) is 15.9 Å². The van der Waals surface area contributed by atoms with Crippen molar-refractivity contribution in [2.24, 2.45) is 0 Å². The van der Waals surface area contributed by atoms with Crippen molar-refractivity contribution in [2.45, 2.75) is 18.7 Å². The summed E-state index contributed by atoms with van der Waals surface area (Å²) in [5.41, 5.74) is 1.33. The summed E-state index contributed by atoms with van der Waals surface area (Å²) >= 11 is 0. The first kappa shape index (κ1) is 16.1. The summed E-state index contributed by atoms with van der Waals surface area (Å²) in [5.74, 6) is 0.257. The van der Waals surface area contributed by atoms with Crippen molar-refractivity contribution >= 4 is 15.7 Å². The SMILES string of the molecule is Cc1noc(-c2ccc(C)c(S(=O)(=O)Nc3ccc(F)cc3)c2)n1. The molecule has 1 heterocycles. The minimum Gasteiger partial charge on any atom is -0.334 e. The molecule has 0 radical (unpaired) electrons. The van der Waals surface area contributed by atoms with Gasteiger partial charge in [-0.1, -0.05) is 11.2 Å². The number of aromatic nitrogens is 2. The smallest absolute Gasteiger partial charge is 0.262 e. The van der Waals surface area contributed by atoms with Crippen LogP contribution >= 0.6 is 0 Å². The molecule has 0 fully saturated rings. The standard InChI is InChI=1S/C16H14FN3O3S/c1-10-3-4-12(16-18-11(2)19-23-16)9-15(10)24(21,22)20-14-7-5-13(17)6-8-14/h3-9,20H,1-2H3. The first-order valence-electron chi connectivity index (χ1n) is 7.05. The molecule has 0 atom stereocenters. The second-order valence-corrected chi connectivity index (χ2v) is 6.89. The van der Waals surface area contributed by atoms with Crippen LogP contribution in [0.4, 0.5) is 10.1 Å². The molecule has 3 rings (SSSR count). The number of sulfonamides is 1. The molecule has 0 aliphatic rings. The van der Waals surface area contributed by atoms with Crippen molar-refractivity contribution in [1.82, 2.24) is 10.1 Å². The number of nitrogens with zero attached hydrogens (tertiary/aromatic N) is 2. The van der Waals surface area contributed by atoms with Crippen LogP contribution in [0.15, 0.2) is 51.9 Å². The Morgan fingerprint density at radius 2 is 1.79 bits per heavy atom. The quantitative estimate of drug-likeness (QED) is 0.783. The predicted molar refractivity (Wildman–Crippen MR) is 86.4 cm³/mol. The molecule has 0 aliphatic heterocycles. The van der Waals surface area contributed by atoms with Gasteiger partial charge >= 0.3 is 0 Å². The minimum absolute atomic E-state index is 0.0835. The van der Waals surface area contributed by atoms with E-state index in [2.05, 4.69) is 14.9 Å². The lowest BCUT2D eigenvalue weighted by atomic mass is 10.1. The molecule has 0 saturated carbocycles. The van der Waals surface area contributed by atoms with Crippen molar-refractivity contribution in [1.29, 1.82) is 0 Å². The monoisotopic (exact) mass is 347 g/mol. The Kier molecular flexibility index (Phi) is 4.06. The van der Waals surface area contributed by atoms with E-state index in [0.29, 0.717) is 17.0 Å². The Balaban J connectivity index is 1.99. The Morgan fingerprint density at radius 1 is 1.08 bits per heavy atom. The van der Waals surface area contributed by atoms with Crippen molar-refractivity contribution in [2.75, 3.05) is 4.72 Å². The highest BCUT2D eigenvalue weighted by Gasteiger charge is 2.19. The van der Waals surface area contributed by atoms with Crippen LogP contribution in [0.5, 0.6) is 0 Å². The lowest BCUT2D eigenvalue weighted by Crippen LogP contribution is -2.14. The van der Waals surface area contributed by atoms with Gasteiger partial charge in [-0.3, -0.25) is 4.72 Å². The van der Waals surface area contributed by atoms with Crippen molar-refractivity contribution < 1.29 is 17.3 Å².